The van der Waals surface area contributed by atoms with Crippen LogP contribution in [-0.4, -0.2) is 32.8 Å². The highest BCUT2D eigenvalue weighted by molar-refractivity contribution is 7.92. The van der Waals surface area contributed by atoms with Crippen LogP contribution >= 0.6 is 0 Å². The highest BCUT2D eigenvalue weighted by atomic mass is 32.2. The molecule has 156 valence electrons. The molecule has 0 unspecified atom stereocenters. The molecule has 1 heterocycles. The number of hydrogen-bond donors (Lipinski definition) is 3. The van der Waals surface area contributed by atoms with Crippen LogP contribution in [0.5, 0.6) is 0 Å². The van der Waals surface area contributed by atoms with Crippen LogP contribution in [0.2, 0.25) is 0 Å². The molecule has 0 aliphatic carbocycles. The third kappa shape index (κ3) is 5.27. The van der Waals surface area contributed by atoms with Crippen molar-refractivity contribution in [1.29, 1.82) is 0 Å². The molecular weight excluding hydrogens is 437 g/mol. The van der Waals surface area contributed by atoms with Crippen molar-refractivity contribution in [3.05, 3.63) is 72.8 Å². The fourth-order valence-corrected chi connectivity index (χ4v) is 4.06. The zero-order chi connectivity index (χ0) is 21.8. The first kappa shape index (κ1) is 21.1. The summed E-state index contributed by atoms with van der Waals surface area (Å²) in [7, 11) is -8.17. The Morgan fingerprint density at radius 3 is 1.93 bits per heavy atom. The number of carbonyl (C=O) groups is 1. The predicted molar refractivity (Wildman–Crippen MR) is 105 cm³/mol. The van der Waals surface area contributed by atoms with E-state index in [1.54, 1.807) is 4.72 Å². The number of carbonyl (C=O) groups excluding carboxylic acids is 1. The van der Waals surface area contributed by atoms with Gasteiger partial charge in [-0.3, -0.25) is 0 Å². The minimum atomic E-state index is -4.21. The van der Waals surface area contributed by atoms with Crippen molar-refractivity contribution in [2.24, 2.45) is 0 Å². The average Bonchev–Trinajstić information content (AvgIpc) is 2.68. The van der Waals surface area contributed by atoms with Crippen molar-refractivity contribution in [2.45, 2.75) is 9.79 Å². The van der Waals surface area contributed by atoms with Crippen LogP contribution in [-0.2, 0) is 20.0 Å². The van der Waals surface area contributed by atoms with Crippen molar-refractivity contribution >= 4 is 37.7 Å². The quantitative estimate of drug-likeness (QED) is 0.519. The third-order valence-electron chi connectivity index (χ3n) is 3.56. The molecule has 0 radical (unpaired) electrons. The van der Waals surface area contributed by atoms with Crippen molar-refractivity contribution in [2.75, 3.05) is 10.0 Å². The van der Waals surface area contributed by atoms with Crippen LogP contribution in [0.3, 0.4) is 0 Å². The molecule has 3 aromatic rings. The van der Waals surface area contributed by atoms with Gasteiger partial charge < -0.3 is 5.32 Å². The van der Waals surface area contributed by atoms with Gasteiger partial charge in [-0.2, -0.15) is 0 Å². The van der Waals surface area contributed by atoms with Crippen molar-refractivity contribution in [3.63, 3.8) is 0 Å². The maximum atomic E-state index is 12.9. The second kappa shape index (κ2) is 8.42. The lowest BCUT2D eigenvalue weighted by molar-refractivity contribution is 0.256. The van der Waals surface area contributed by atoms with E-state index in [9.17, 15) is 26.0 Å². The van der Waals surface area contributed by atoms with Gasteiger partial charge in [-0.05, 0) is 54.6 Å². The second-order valence-electron chi connectivity index (χ2n) is 5.72. The monoisotopic (exact) mass is 451 g/mol. The molecule has 0 saturated heterocycles. The zero-order valence-electron chi connectivity index (χ0n) is 15.0. The molecule has 0 spiro atoms. The highest BCUT2D eigenvalue weighted by Gasteiger charge is 2.19. The van der Waals surface area contributed by atoms with Gasteiger partial charge in [-0.15, -0.1) is 0 Å². The fourth-order valence-electron chi connectivity index (χ4n) is 2.20. The standard InChI is InChI=1S/C17H14FN5O5S2/c18-12-2-6-14(7-3-12)30(27,28)23-17(24)21-13-4-8-15(9-5-13)29(25,26)22-16-19-10-1-11-20-16/h1-11H,(H,19,20,22)(H2,21,23,24). The molecule has 3 rings (SSSR count). The van der Waals surface area contributed by atoms with Gasteiger partial charge in [-0.25, -0.2) is 45.4 Å². The van der Waals surface area contributed by atoms with Crippen molar-refractivity contribution < 1.29 is 26.0 Å². The first-order valence-corrected chi connectivity index (χ1v) is 11.1. The van der Waals surface area contributed by atoms with Crippen LogP contribution in [0.1, 0.15) is 0 Å². The van der Waals surface area contributed by atoms with Crippen LogP contribution in [0.15, 0.2) is 76.8 Å². The van der Waals surface area contributed by atoms with Gasteiger partial charge in [0.05, 0.1) is 9.79 Å². The summed E-state index contributed by atoms with van der Waals surface area (Å²) in [6.45, 7) is 0. The fraction of sp³-hybridized carbons (Fsp3) is 0. The van der Waals surface area contributed by atoms with E-state index in [4.69, 9.17) is 0 Å². The maximum absolute atomic E-state index is 12.9. The molecule has 30 heavy (non-hydrogen) atoms. The first-order valence-electron chi connectivity index (χ1n) is 8.15. The Bertz CT molecular complexity index is 1250. The number of urea groups is 1. The number of amides is 2. The van der Waals surface area contributed by atoms with Crippen LogP contribution in [0, 0.1) is 5.82 Å². The molecule has 2 aromatic carbocycles. The Morgan fingerprint density at radius 1 is 0.800 bits per heavy atom. The first-order chi connectivity index (χ1) is 14.2. The molecule has 1 aromatic heterocycles. The van der Waals surface area contributed by atoms with E-state index in [0.717, 1.165) is 24.3 Å². The Kier molecular flexibility index (Phi) is 5.94. The number of rotatable bonds is 6. The van der Waals surface area contributed by atoms with E-state index in [2.05, 4.69) is 20.0 Å². The number of anilines is 2. The number of aromatic nitrogens is 2. The third-order valence-corrected chi connectivity index (χ3v) is 6.26. The maximum Gasteiger partial charge on any atom is 0.333 e. The van der Waals surface area contributed by atoms with Gasteiger partial charge in [0.15, 0.2) is 0 Å². The number of nitrogens with one attached hydrogen (secondary N) is 3. The lowest BCUT2D eigenvalue weighted by Crippen LogP contribution is -2.34. The molecule has 13 heteroatoms. The average molecular weight is 451 g/mol. The van der Waals surface area contributed by atoms with Crippen molar-refractivity contribution in [3.8, 4) is 0 Å². The van der Waals surface area contributed by atoms with Gasteiger partial charge in [-0.1, -0.05) is 0 Å². The molecule has 0 aliphatic rings. The molecule has 0 aliphatic heterocycles. The molecule has 2 amide bonds. The van der Waals surface area contributed by atoms with Gasteiger partial charge >= 0.3 is 6.03 Å². The molecule has 0 atom stereocenters. The van der Waals surface area contributed by atoms with Crippen LogP contribution in [0.25, 0.3) is 0 Å². The summed E-state index contributed by atoms with van der Waals surface area (Å²) >= 11 is 0. The lowest BCUT2D eigenvalue weighted by Gasteiger charge is -2.10. The molecule has 0 fully saturated rings. The molecule has 0 bridgehead atoms. The second-order valence-corrected chi connectivity index (χ2v) is 9.08. The summed E-state index contributed by atoms with van der Waals surface area (Å²) in [5.74, 6) is -0.730. The minimum Gasteiger partial charge on any atom is -0.307 e. The largest absolute Gasteiger partial charge is 0.333 e. The Hall–Kier alpha value is -3.58. The number of nitrogens with zero attached hydrogens (tertiary/aromatic N) is 2. The van der Waals surface area contributed by atoms with E-state index in [-0.39, 0.29) is 21.4 Å². The van der Waals surface area contributed by atoms with Gasteiger partial charge in [0.1, 0.15) is 5.82 Å². The van der Waals surface area contributed by atoms with E-state index in [1.165, 1.54) is 42.7 Å². The smallest absolute Gasteiger partial charge is 0.307 e. The van der Waals surface area contributed by atoms with Gasteiger partial charge in [0.2, 0.25) is 5.95 Å². The van der Waals surface area contributed by atoms with E-state index in [1.807, 2.05) is 0 Å². The summed E-state index contributed by atoms with van der Waals surface area (Å²) in [6.07, 6.45) is 2.74. The Morgan fingerprint density at radius 2 is 1.33 bits per heavy atom. The molecule has 0 saturated carbocycles. The number of benzene rings is 2. The Labute approximate surface area is 171 Å². The molecule has 10 nitrogen and oxygen atoms in total. The van der Waals surface area contributed by atoms with Gasteiger partial charge in [0.25, 0.3) is 20.0 Å². The van der Waals surface area contributed by atoms with E-state index >= 15 is 0 Å². The van der Waals surface area contributed by atoms with Crippen LogP contribution in [0.4, 0.5) is 20.8 Å². The topological polar surface area (TPSA) is 147 Å². The number of sulfonamides is 2. The Balaban J connectivity index is 1.66. The number of halogens is 1. The van der Waals surface area contributed by atoms with E-state index < -0.39 is 31.9 Å². The normalized spacial score (nSPS) is 11.5. The SMILES string of the molecule is O=C(Nc1ccc(S(=O)(=O)Nc2ncccn2)cc1)NS(=O)(=O)c1ccc(F)cc1. The summed E-state index contributed by atoms with van der Waals surface area (Å²) in [5.41, 5.74) is 0.136. The van der Waals surface area contributed by atoms with E-state index in [0.29, 0.717) is 0 Å². The summed E-state index contributed by atoms with van der Waals surface area (Å²) < 4.78 is 65.7. The zero-order valence-corrected chi connectivity index (χ0v) is 16.6. The highest BCUT2D eigenvalue weighted by Crippen LogP contribution is 2.17. The lowest BCUT2D eigenvalue weighted by atomic mass is 10.3. The number of hydrogen-bond acceptors (Lipinski definition) is 7. The minimum absolute atomic E-state index is 0.106. The predicted octanol–water partition coefficient (Wildman–Crippen LogP) is 1.93. The molecular formula is C17H14FN5O5S2. The van der Waals surface area contributed by atoms with Crippen LogP contribution < -0.4 is 14.8 Å². The van der Waals surface area contributed by atoms with Gasteiger partial charge in [0, 0.05) is 18.1 Å². The summed E-state index contributed by atoms with van der Waals surface area (Å²) in [6, 6.07) is 9.30. The summed E-state index contributed by atoms with van der Waals surface area (Å²) in [5, 5.41) is 2.26. The summed E-state index contributed by atoms with van der Waals surface area (Å²) in [4.78, 5) is 19.1. The van der Waals surface area contributed by atoms with Crippen molar-refractivity contribution in [1.82, 2.24) is 14.7 Å². The molecule has 3 N–H and O–H groups in total.